The van der Waals surface area contributed by atoms with Crippen LogP contribution in [-0.2, 0) is 4.79 Å². The molecule has 1 amide bonds. The highest BCUT2D eigenvalue weighted by molar-refractivity contribution is 5.82. The average molecular weight is 434 g/mol. The van der Waals surface area contributed by atoms with Crippen molar-refractivity contribution in [2.24, 2.45) is 5.92 Å². The van der Waals surface area contributed by atoms with Gasteiger partial charge in [0.2, 0.25) is 11.9 Å². The van der Waals surface area contributed by atoms with Crippen LogP contribution < -0.4 is 16.2 Å². The first-order valence-electron chi connectivity index (χ1n) is 12.1. The molecule has 32 heavy (non-hydrogen) atoms. The summed E-state index contributed by atoms with van der Waals surface area (Å²) in [5.74, 6) is 2.05. The van der Waals surface area contributed by atoms with Gasteiger partial charge in [0.1, 0.15) is 6.04 Å². The van der Waals surface area contributed by atoms with Crippen molar-refractivity contribution >= 4 is 11.9 Å². The first-order valence-corrected chi connectivity index (χ1v) is 12.1. The van der Waals surface area contributed by atoms with Gasteiger partial charge >= 0.3 is 0 Å². The number of aromatic nitrogens is 3. The molecule has 2 aromatic rings. The van der Waals surface area contributed by atoms with Crippen LogP contribution in [0.4, 0.5) is 5.95 Å². The van der Waals surface area contributed by atoms with Crippen molar-refractivity contribution < 1.29 is 4.79 Å². The van der Waals surface area contributed by atoms with Gasteiger partial charge in [-0.05, 0) is 68.6 Å². The van der Waals surface area contributed by atoms with Crippen molar-refractivity contribution in [2.45, 2.75) is 69.0 Å². The molecule has 3 N–H and O–H groups in total. The third-order valence-electron chi connectivity index (χ3n) is 7.34. The van der Waals surface area contributed by atoms with Crippen molar-refractivity contribution in [3.63, 3.8) is 0 Å². The molecule has 2 aliphatic heterocycles. The van der Waals surface area contributed by atoms with E-state index in [2.05, 4.69) is 26.1 Å². The molecule has 2 atom stereocenters. The summed E-state index contributed by atoms with van der Waals surface area (Å²) in [7, 11) is 0. The number of anilines is 1. The van der Waals surface area contributed by atoms with E-state index < -0.39 is 0 Å². The zero-order valence-corrected chi connectivity index (χ0v) is 18.3. The molecule has 6 rings (SSSR count). The number of likely N-dealkylation sites (tertiary alicyclic amines) is 1. The molecule has 0 aromatic carbocycles. The highest BCUT2D eigenvalue weighted by Gasteiger charge is 2.40. The second-order valence-electron chi connectivity index (χ2n) is 9.77. The van der Waals surface area contributed by atoms with Crippen LogP contribution >= 0.6 is 0 Å². The van der Waals surface area contributed by atoms with Crippen LogP contribution in [0.25, 0.3) is 11.1 Å². The van der Waals surface area contributed by atoms with Crippen LogP contribution in [0, 0.1) is 5.92 Å². The van der Waals surface area contributed by atoms with E-state index in [1.807, 2.05) is 35.6 Å². The Morgan fingerprint density at radius 1 is 1.03 bits per heavy atom. The molecular formula is C24H31N7O. The molecule has 8 nitrogen and oxygen atoms in total. The highest BCUT2D eigenvalue weighted by atomic mass is 16.2. The summed E-state index contributed by atoms with van der Waals surface area (Å²) in [5.41, 5.74) is 9.87. The molecule has 2 unspecified atom stereocenters. The summed E-state index contributed by atoms with van der Waals surface area (Å²) in [4.78, 5) is 28.8. The SMILES string of the molecule is O=C(C1CC(C2CC2)NN1)N1CCC(c2nc(NC3CC3)ncc2-c2ccncc2)CC1. The number of piperidine rings is 1. The van der Waals surface area contributed by atoms with Gasteiger partial charge in [-0.15, -0.1) is 0 Å². The van der Waals surface area contributed by atoms with Gasteiger partial charge in [-0.3, -0.25) is 15.2 Å². The number of carbonyl (C=O) groups excluding carboxylic acids is 1. The van der Waals surface area contributed by atoms with E-state index in [9.17, 15) is 4.79 Å². The molecule has 2 saturated heterocycles. The first kappa shape index (κ1) is 20.1. The second kappa shape index (κ2) is 8.41. The first-order chi connectivity index (χ1) is 15.7. The number of hydrogen-bond acceptors (Lipinski definition) is 7. The van der Waals surface area contributed by atoms with Crippen molar-refractivity contribution in [1.29, 1.82) is 0 Å². The third-order valence-corrected chi connectivity index (χ3v) is 7.34. The molecular weight excluding hydrogens is 402 g/mol. The van der Waals surface area contributed by atoms with Crippen LogP contribution in [0.15, 0.2) is 30.7 Å². The van der Waals surface area contributed by atoms with E-state index >= 15 is 0 Å². The fraction of sp³-hybridized carbons (Fsp3) is 0.583. The van der Waals surface area contributed by atoms with E-state index in [1.54, 1.807) is 0 Å². The van der Waals surface area contributed by atoms with E-state index in [4.69, 9.17) is 4.98 Å². The van der Waals surface area contributed by atoms with E-state index in [0.29, 0.717) is 18.0 Å². The molecule has 0 bridgehead atoms. The van der Waals surface area contributed by atoms with Crippen molar-refractivity contribution in [3.8, 4) is 11.1 Å². The molecule has 2 saturated carbocycles. The van der Waals surface area contributed by atoms with Crippen molar-refractivity contribution in [2.75, 3.05) is 18.4 Å². The van der Waals surface area contributed by atoms with E-state index in [0.717, 1.165) is 61.0 Å². The fourth-order valence-corrected chi connectivity index (χ4v) is 5.08. The predicted octanol–water partition coefficient (Wildman–Crippen LogP) is 2.46. The predicted molar refractivity (Wildman–Crippen MR) is 122 cm³/mol. The average Bonchev–Trinajstić information content (AvgIpc) is 3.79. The minimum Gasteiger partial charge on any atom is -0.351 e. The monoisotopic (exact) mass is 433 g/mol. The normalized spacial score (nSPS) is 26.3. The maximum Gasteiger partial charge on any atom is 0.241 e. The van der Waals surface area contributed by atoms with Crippen LogP contribution in [0.3, 0.4) is 0 Å². The minimum atomic E-state index is -0.0853. The molecule has 8 heteroatoms. The quantitative estimate of drug-likeness (QED) is 0.644. The van der Waals surface area contributed by atoms with E-state index in [1.165, 1.54) is 25.7 Å². The Balaban J connectivity index is 1.16. The number of amides is 1. The lowest BCUT2D eigenvalue weighted by Gasteiger charge is -2.34. The number of rotatable bonds is 6. The number of carbonyl (C=O) groups is 1. The van der Waals surface area contributed by atoms with Gasteiger partial charge in [0, 0.05) is 55.2 Å². The number of nitrogens with zero attached hydrogens (tertiary/aromatic N) is 4. The number of hydrazine groups is 1. The highest BCUT2D eigenvalue weighted by Crippen LogP contribution is 2.37. The molecule has 168 valence electrons. The molecule has 2 aromatic heterocycles. The summed E-state index contributed by atoms with van der Waals surface area (Å²) in [6.07, 6.45) is 13.3. The van der Waals surface area contributed by atoms with Crippen LogP contribution in [-0.4, -0.2) is 57.0 Å². The smallest absolute Gasteiger partial charge is 0.241 e. The Labute approximate surface area is 188 Å². The summed E-state index contributed by atoms with van der Waals surface area (Å²) in [6, 6.07) is 4.93. The summed E-state index contributed by atoms with van der Waals surface area (Å²) < 4.78 is 0. The topological polar surface area (TPSA) is 95.1 Å². The molecule has 2 aliphatic carbocycles. The Morgan fingerprint density at radius 2 is 1.81 bits per heavy atom. The Morgan fingerprint density at radius 3 is 2.53 bits per heavy atom. The standard InChI is InChI=1S/C24H31N7O/c32-23(21-13-20(29-30-21)16-1-2-16)31-11-7-17(8-12-31)22-19(15-5-9-25-10-6-15)14-26-24(28-22)27-18-3-4-18/h5-6,9-10,14,16-18,20-21,29-30H,1-4,7-8,11-13H2,(H,26,27,28). The van der Waals surface area contributed by atoms with E-state index in [-0.39, 0.29) is 11.9 Å². The lowest BCUT2D eigenvalue weighted by Crippen LogP contribution is -2.48. The molecule has 4 aliphatic rings. The van der Waals surface area contributed by atoms with Crippen LogP contribution in [0.1, 0.15) is 56.6 Å². The number of nitrogens with one attached hydrogen (secondary N) is 3. The summed E-state index contributed by atoms with van der Waals surface area (Å²) in [6.45, 7) is 1.56. The molecule has 4 fully saturated rings. The van der Waals surface area contributed by atoms with Gasteiger partial charge in [0.05, 0.1) is 5.69 Å². The molecule has 4 heterocycles. The van der Waals surface area contributed by atoms with Gasteiger partial charge in [-0.2, -0.15) is 0 Å². The molecule has 0 spiro atoms. The largest absolute Gasteiger partial charge is 0.351 e. The van der Waals surface area contributed by atoms with Gasteiger partial charge in [0.15, 0.2) is 0 Å². The maximum absolute atomic E-state index is 13.1. The lowest BCUT2D eigenvalue weighted by atomic mass is 9.88. The van der Waals surface area contributed by atoms with Crippen LogP contribution in [0.2, 0.25) is 0 Å². The Hall–Kier alpha value is -2.58. The maximum atomic E-state index is 13.1. The van der Waals surface area contributed by atoms with Crippen LogP contribution in [0.5, 0.6) is 0 Å². The number of hydrogen-bond donors (Lipinski definition) is 3. The van der Waals surface area contributed by atoms with Crippen molar-refractivity contribution in [3.05, 3.63) is 36.4 Å². The van der Waals surface area contributed by atoms with Crippen molar-refractivity contribution in [1.82, 2.24) is 30.7 Å². The second-order valence-corrected chi connectivity index (χ2v) is 9.77. The summed E-state index contributed by atoms with van der Waals surface area (Å²) in [5, 5.41) is 3.44. The summed E-state index contributed by atoms with van der Waals surface area (Å²) >= 11 is 0. The zero-order chi connectivity index (χ0) is 21.5. The Kier molecular flexibility index (Phi) is 5.27. The lowest BCUT2D eigenvalue weighted by molar-refractivity contribution is -0.134. The Bertz CT molecular complexity index is 968. The molecule has 0 radical (unpaired) electrons. The zero-order valence-electron chi connectivity index (χ0n) is 18.3. The van der Waals surface area contributed by atoms with Gasteiger partial charge < -0.3 is 10.2 Å². The third kappa shape index (κ3) is 4.21. The number of pyridine rings is 1. The minimum absolute atomic E-state index is 0.0853. The van der Waals surface area contributed by atoms with Gasteiger partial charge in [0.25, 0.3) is 0 Å². The van der Waals surface area contributed by atoms with Gasteiger partial charge in [-0.1, -0.05) is 0 Å². The van der Waals surface area contributed by atoms with Gasteiger partial charge in [-0.25, -0.2) is 15.4 Å². The fourth-order valence-electron chi connectivity index (χ4n) is 5.08.